The molecule has 0 aliphatic carbocycles. The Morgan fingerprint density at radius 1 is 1.11 bits per heavy atom. The molecular formula is C22H30N3O2+. The highest BCUT2D eigenvalue weighted by Gasteiger charge is 2.23. The second-order valence-electron chi connectivity index (χ2n) is 7.25. The minimum absolute atomic E-state index is 0.0985. The normalized spacial score (nSPS) is 16.1. The molecule has 0 bridgehead atoms. The molecule has 1 atom stereocenters. The van der Waals surface area contributed by atoms with Gasteiger partial charge in [-0.05, 0) is 36.2 Å². The zero-order chi connectivity index (χ0) is 19.1. The number of aromatic hydroxyl groups is 1. The number of amides is 1. The van der Waals surface area contributed by atoms with Crippen LogP contribution in [0.25, 0.3) is 0 Å². The summed E-state index contributed by atoms with van der Waals surface area (Å²) < 4.78 is 0. The van der Waals surface area contributed by atoms with Gasteiger partial charge in [-0.3, -0.25) is 4.79 Å². The van der Waals surface area contributed by atoms with Gasteiger partial charge >= 0.3 is 0 Å². The molecule has 3 N–H and O–H groups in total. The van der Waals surface area contributed by atoms with Gasteiger partial charge in [0, 0.05) is 5.69 Å². The zero-order valence-electron chi connectivity index (χ0n) is 16.0. The van der Waals surface area contributed by atoms with Crippen LogP contribution in [-0.4, -0.2) is 43.7 Å². The van der Waals surface area contributed by atoms with Crippen LogP contribution in [0.15, 0.2) is 54.6 Å². The van der Waals surface area contributed by atoms with Gasteiger partial charge in [-0.1, -0.05) is 43.7 Å². The number of nitrogens with one attached hydrogen (secondary N) is 2. The maximum Gasteiger partial charge on any atom is 0.275 e. The Bertz CT molecular complexity index is 710. The predicted octanol–water partition coefficient (Wildman–Crippen LogP) is 1.75. The number of phenols is 1. The summed E-state index contributed by atoms with van der Waals surface area (Å²) in [6.45, 7) is 6.40. The minimum atomic E-state index is 0.0985. The molecule has 0 spiro atoms. The fraction of sp³-hybridized carbons (Fsp3) is 0.409. The number of piperazine rings is 1. The molecule has 1 saturated heterocycles. The van der Waals surface area contributed by atoms with E-state index in [4.69, 9.17) is 0 Å². The number of quaternary nitrogens is 1. The van der Waals surface area contributed by atoms with E-state index >= 15 is 0 Å². The second kappa shape index (κ2) is 9.42. The topological polar surface area (TPSA) is 57.0 Å². The summed E-state index contributed by atoms with van der Waals surface area (Å²) in [5.74, 6) is 0.421. The van der Waals surface area contributed by atoms with Crippen LogP contribution in [0.5, 0.6) is 5.75 Å². The highest BCUT2D eigenvalue weighted by molar-refractivity contribution is 5.77. The molecule has 0 aromatic heterocycles. The Kier molecular flexibility index (Phi) is 6.71. The fourth-order valence-corrected chi connectivity index (χ4v) is 3.69. The number of carbonyl (C=O) groups excluding carboxylic acids is 1. The van der Waals surface area contributed by atoms with Crippen molar-refractivity contribution < 1.29 is 14.8 Å². The summed E-state index contributed by atoms with van der Waals surface area (Å²) in [6.07, 6.45) is 2.00. The van der Waals surface area contributed by atoms with E-state index < -0.39 is 0 Å². The van der Waals surface area contributed by atoms with E-state index in [1.54, 1.807) is 12.1 Å². The number of hydrogen-bond donors (Lipinski definition) is 3. The van der Waals surface area contributed by atoms with Crippen molar-refractivity contribution in [1.82, 2.24) is 5.32 Å². The van der Waals surface area contributed by atoms with E-state index in [1.165, 1.54) is 10.5 Å². The lowest BCUT2D eigenvalue weighted by Crippen LogP contribution is -3.16. The van der Waals surface area contributed by atoms with E-state index in [0.717, 1.165) is 44.7 Å². The van der Waals surface area contributed by atoms with Crippen molar-refractivity contribution in [2.45, 2.75) is 25.8 Å². The summed E-state index contributed by atoms with van der Waals surface area (Å²) in [4.78, 5) is 16.2. The maximum absolute atomic E-state index is 12.6. The molecule has 27 heavy (non-hydrogen) atoms. The Hall–Kier alpha value is -2.53. The molecule has 0 unspecified atom stereocenters. The quantitative estimate of drug-likeness (QED) is 0.698. The molecule has 0 radical (unpaired) electrons. The Labute approximate surface area is 161 Å². The van der Waals surface area contributed by atoms with Crippen molar-refractivity contribution in [3.05, 3.63) is 60.2 Å². The van der Waals surface area contributed by atoms with Gasteiger partial charge in [0.1, 0.15) is 5.75 Å². The molecule has 2 aromatic rings. The van der Waals surface area contributed by atoms with Crippen molar-refractivity contribution in [2.24, 2.45) is 0 Å². The molecule has 1 fully saturated rings. The summed E-state index contributed by atoms with van der Waals surface area (Å²) in [7, 11) is 0. The summed E-state index contributed by atoms with van der Waals surface area (Å²) in [6, 6.07) is 17.7. The first-order valence-corrected chi connectivity index (χ1v) is 9.87. The molecule has 1 aliphatic heterocycles. The smallest absolute Gasteiger partial charge is 0.275 e. The van der Waals surface area contributed by atoms with Crippen molar-refractivity contribution in [1.29, 1.82) is 0 Å². The van der Waals surface area contributed by atoms with Crippen LogP contribution in [0.2, 0.25) is 0 Å². The highest BCUT2D eigenvalue weighted by atomic mass is 16.3. The third kappa shape index (κ3) is 5.47. The lowest BCUT2D eigenvalue weighted by Gasteiger charge is -2.33. The second-order valence-corrected chi connectivity index (χ2v) is 7.25. The van der Waals surface area contributed by atoms with E-state index in [-0.39, 0.29) is 11.9 Å². The van der Waals surface area contributed by atoms with Gasteiger partial charge in [0.2, 0.25) is 0 Å². The molecule has 1 amide bonds. The molecule has 3 rings (SSSR count). The van der Waals surface area contributed by atoms with Gasteiger partial charge in [0.05, 0.1) is 32.2 Å². The number of phenolic OH excluding ortho intramolecular Hbond substituents is 1. The number of nitrogens with zero attached hydrogens (tertiary/aromatic N) is 1. The standard InChI is InChI=1S/C22H29N3O2/c1-2-6-21(18-7-4-3-5-8-18)23-22(27)17-24-13-15-25(16-14-24)19-9-11-20(26)12-10-19/h3-5,7-12,21,26H,2,6,13-17H2,1H3,(H,23,27)/p+1/t21-/m0/s1. The third-order valence-corrected chi connectivity index (χ3v) is 5.21. The first-order chi connectivity index (χ1) is 13.2. The summed E-state index contributed by atoms with van der Waals surface area (Å²) >= 11 is 0. The van der Waals surface area contributed by atoms with E-state index in [9.17, 15) is 9.90 Å². The van der Waals surface area contributed by atoms with Gasteiger partial charge in [-0.15, -0.1) is 0 Å². The van der Waals surface area contributed by atoms with Crippen molar-refractivity contribution in [3.8, 4) is 5.75 Å². The first kappa shape index (κ1) is 19.2. The molecule has 5 nitrogen and oxygen atoms in total. The van der Waals surface area contributed by atoms with Gasteiger partial charge < -0.3 is 20.2 Å². The van der Waals surface area contributed by atoms with Gasteiger partial charge in [0.25, 0.3) is 5.91 Å². The highest BCUT2D eigenvalue weighted by Crippen LogP contribution is 2.19. The molecule has 2 aromatic carbocycles. The number of benzene rings is 2. The number of carbonyl (C=O) groups is 1. The van der Waals surface area contributed by atoms with Gasteiger partial charge in [-0.25, -0.2) is 0 Å². The predicted molar refractivity (Wildman–Crippen MR) is 108 cm³/mol. The minimum Gasteiger partial charge on any atom is -0.508 e. The van der Waals surface area contributed by atoms with Crippen LogP contribution in [0.4, 0.5) is 5.69 Å². The maximum atomic E-state index is 12.6. The van der Waals surface area contributed by atoms with Gasteiger partial charge in [-0.2, -0.15) is 0 Å². The van der Waals surface area contributed by atoms with Gasteiger partial charge in [0.15, 0.2) is 6.54 Å². The fourth-order valence-electron chi connectivity index (χ4n) is 3.69. The van der Waals surface area contributed by atoms with Crippen LogP contribution in [0.1, 0.15) is 31.4 Å². The summed E-state index contributed by atoms with van der Waals surface area (Å²) in [5, 5.41) is 12.7. The number of hydrogen-bond acceptors (Lipinski definition) is 3. The summed E-state index contributed by atoms with van der Waals surface area (Å²) in [5.41, 5.74) is 2.31. The van der Waals surface area contributed by atoms with Crippen LogP contribution < -0.4 is 15.1 Å². The number of anilines is 1. The average molecular weight is 369 g/mol. The monoisotopic (exact) mass is 368 g/mol. The van der Waals surface area contributed by atoms with Crippen molar-refractivity contribution >= 4 is 11.6 Å². The molecular weight excluding hydrogens is 338 g/mol. The Balaban J connectivity index is 1.49. The van der Waals surface area contributed by atoms with Crippen LogP contribution in [0.3, 0.4) is 0 Å². The molecule has 1 aliphatic rings. The molecule has 5 heteroatoms. The SMILES string of the molecule is CCC[C@H](NC(=O)C[NH+]1CCN(c2ccc(O)cc2)CC1)c1ccccc1. The molecule has 144 valence electrons. The third-order valence-electron chi connectivity index (χ3n) is 5.21. The average Bonchev–Trinajstić information content (AvgIpc) is 2.70. The Morgan fingerprint density at radius 3 is 2.41 bits per heavy atom. The van der Waals surface area contributed by atoms with E-state index in [0.29, 0.717) is 12.3 Å². The zero-order valence-corrected chi connectivity index (χ0v) is 16.0. The van der Waals surface area contributed by atoms with Crippen LogP contribution in [-0.2, 0) is 4.79 Å². The number of rotatable bonds is 7. The molecule has 1 heterocycles. The van der Waals surface area contributed by atoms with E-state index in [2.05, 4.69) is 29.3 Å². The van der Waals surface area contributed by atoms with E-state index in [1.807, 2.05) is 30.3 Å². The van der Waals surface area contributed by atoms with Crippen molar-refractivity contribution in [3.63, 3.8) is 0 Å². The van der Waals surface area contributed by atoms with Crippen LogP contribution in [0, 0.1) is 0 Å². The van der Waals surface area contributed by atoms with Crippen molar-refractivity contribution in [2.75, 3.05) is 37.6 Å². The lowest BCUT2D eigenvalue weighted by molar-refractivity contribution is -0.892. The molecule has 0 saturated carbocycles. The lowest BCUT2D eigenvalue weighted by atomic mass is 10.0. The largest absolute Gasteiger partial charge is 0.508 e. The Morgan fingerprint density at radius 2 is 1.78 bits per heavy atom. The first-order valence-electron chi connectivity index (χ1n) is 9.87. The van der Waals surface area contributed by atoms with Crippen LogP contribution >= 0.6 is 0 Å².